The second-order valence-corrected chi connectivity index (χ2v) is 6.10. The fourth-order valence-electron chi connectivity index (χ4n) is 2.52. The lowest BCUT2D eigenvalue weighted by Gasteiger charge is -2.17. The van der Waals surface area contributed by atoms with Crippen molar-refractivity contribution in [2.75, 3.05) is 6.54 Å². The van der Waals surface area contributed by atoms with Crippen molar-refractivity contribution < 1.29 is 4.79 Å². The summed E-state index contributed by atoms with van der Waals surface area (Å²) in [4.78, 5) is 16.8. The molecule has 4 heteroatoms. The molecule has 0 fully saturated rings. The minimum absolute atomic E-state index is 0.0623. The molecule has 1 atom stereocenters. The van der Waals surface area contributed by atoms with E-state index in [-0.39, 0.29) is 11.8 Å². The van der Waals surface area contributed by atoms with Crippen LogP contribution in [0.3, 0.4) is 0 Å². The van der Waals surface area contributed by atoms with Gasteiger partial charge in [-0.15, -0.1) is 0 Å². The van der Waals surface area contributed by atoms with E-state index in [0.29, 0.717) is 11.4 Å². The minimum Gasteiger partial charge on any atom is -0.356 e. The second kappa shape index (κ2) is 9.31. The van der Waals surface area contributed by atoms with Gasteiger partial charge >= 0.3 is 0 Å². The lowest BCUT2D eigenvalue weighted by molar-refractivity contribution is -0.122. The quantitative estimate of drug-likeness (QED) is 0.730. The van der Waals surface area contributed by atoms with Crippen LogP contribution in [0.1, 0.15) is 43.2 Å². The molecule has 122 valence electrons. The van der Waals surface area contributed by atoms with Crippen molar-refractivity contribution in [3.63, 3.8) is 0 Å². The summed E-state index contributed by atoms with van der Waals surface area (Å²) in [6.07, 6.45) is 7.48. The summed E-state index contributed by atoms with van der Waals surface area (Å²) in [6, 6.07) is 11.4. The van der Waals surface area contributed by atoms with Crippen molar-refractivity contribution in [2.24, 2.45) is 0 Å². The number of nitrogens with one attached hydrogen (secondary N) is 1. The Balaban J connectivity index is 2.10. The first-order chi connectivity index (χ1) is 11.2. The van der Waals surface area contributed by atoms with Crippen LogP contribution in [0.5, 0.6) is 0 Å². The maximum Gasteiger partial charge on any atom is 0.227 e. The molecule has 1 aromatic carbocycles. The average molecular weight is 331 g/mol. The van der Waals surface area contributed by atoms with Gasteiger partial charge in [-0.05, 0) is 42.2 Å². The van der Waals surface area contributed by atoms with Crippen molar-refractivity contribution in [3.05, 3.63) is 64.9 Å². The predicted molar refractivity (Wildman–Crippen MR) is 94.7 cm³/mol. The monoisotopic (exact) mass is 330 g/mol. The maximum absolute atomic E-state index is 12.6. The zero-order valence-electron chi connectivity index (χ0n) is 13.5. The Bertz CT molecular complexity index is 599. The Morgan fingerprint density at radius 1 is 1.22 bits per heavy atom. The fourth-order valence-corrected chi connectivity index (χ4v) is 2.65. The zero-order valence-corrected chi connectivity index (χ0v) is 14.2. The van der Waals surface area contributed by atoms with E-state index in [0.717, 1.165) is 36.9 Å². The molecular weight excluding hydrogens is 308 g/mol. The Kier molecular flexibility index (Phi) is 7.08. The molecule has 0 saturated carbocycles. The van der Waals surface area contributed by atoms with Crippen molar-refractivity contribution in [2.45, 2.75) is 38.5 Å². The fraction of sp³-hybridized carbons (Fsp3) is 0.368. The number of amides is 1. The molecule has 0 aliphatic carbocycles. The van der Waals surface area contributed by atoms with E-state index in [1.54, 1.807) is 6.20 Å². The highest BCUT2D eigenvalue weighted by molar-refractivity contribution is 6.30. The summed E-state index contributed by atoms with van der Waals surface area (Å²) >= 11 is 5.96. The molecule has 1 N–H and O–H groups in total. The normalized spacial score (nSPS) is 11.9. The van der Waals surface area contributed by atoms with Crippen molar-refractivity contribution >= 4 is 17.5 Å². The number of nitrogens with zero attached hydrogens (tertiary/aromatic N) is 1. The van der Waals surface area contributed by atoms with Crippen LogP contribution in [0.4, 0.5) is 0 Å². The van der Waals surface area contributed by atoms with Gasteiger partial charge in [-0.2, -0.15) is 0 Å². The van der Waals surface area contributed by atoms with Gasteiger partial charge in [0.2, 0.25) is 5.91 Å². The molecule has 0 radical (unpaired) electrons. The van der Waals surface area contributed by atoms with Gasteiger partial charge in [0.05, 0.1) is 5.92 Å². The van der Waals surface area contributed by atoms with Gasteiger partial charge in [0, 0.05) is 24.0 Å². The highest BCUT2D eigenvalue weighted by atomic mass is 35.5. The van der Waals surface area contributed by atoms with E-state index in [9.17, 15) is 4.79 Å². The van der Waals surface area contributed by atoms with Crippen molar-refractivity contribution in [3.8, 4) is 0 Å². The van der Waals surface area contributed by atoms with E-state index in [1.807, 2.05) is 42.6 Å². The molecule has 1 amide bonds. The largest absolute Gasteiger partial charge is 0.356 e. The van der Waals surface area contributed by atoms with Crippen LogP contribution in [0.15, 0.2) is 48.8 Å². The Morgan fingerprint density at radius 2 is 2.00 bits per heavy atom. The Morgan fingerprint density at radius 3 is 2.65 bits per heavy atom. The van der Waals surface area contributed by atoms with Crippen LogP contribution in [-0.4, -0.2) is 17.4 Å². The Labute approximate surface area is 143 Å². The Hall–Kier alpha value is -1.87. The van der Waals surface area contributed by atoms with Crippen LogP contribution in [0.2, 0.25) is 5.02 Å². The third-order valence-electron chi connectivity index (χ3n) is 3.83. The van der Waals surface area contributed by atoms with Gasteiger partial charge in [-0.25, -0.2) is 0 Å². The standard InChI is InChI=1S/C19H23ClN2O/c1-2-3-4-12-22-19(23)18(13-15-6-5-11-21-14-15)16-7-9-17(20)10-8-16/h5-11,14,18H,2-4,12-13H2,1H3,(H,22,23). The van der Waals surface area contributed by atoms with E-state index in [1.165, 1.54) is 0 Å². The topological polar surface area (TPSA) is 42.0 Å². The van der Waals surface area contributed by atoms with Crippen LogP contribution in [-0.2, 0) is 11.2 Å². The van der Waals surface area contributed by atoms with Gasteiger partial charge in [0.15, 0.2) is 0 Å². The summed E-state index contributed by atoms with van der Waals surface area (Å²) in [5.41, 5.74) is 2.03. The highest BCUT2D eigenvalue weighted by Gasteiger charge is 2.20. The third-order valence-corrected chi connectivity index (χ3v) is 4.08. The number of benzene rings is 1. The van der Waals surface area contributed by atoms with Gasteiger partial charge in [-0.1, -0.05) is 49.6 Å². The summed E-state index contributed by atoms with van der Waals surface area (Å²) < 4.78 is 0. The van der Waals surface area contributed by atoms with Gasteiger partial charge in [0.1, 0.15) is 0 Å². The molecule has 0 spiro atoms. The summed E-state index contributed by atoms with van der Waals surface area (Å²) in [6.45, 7) is 2.88. The SMILES string of the molecule is CCCCCNC(=O)C(Cc1cccnc1)c1ccc(Cl)cc1. The third kappa shape index (κ3) is 5.68. The van der Waals surface area contributed by atoms with E-state index >= 15 is 0 Å². The van der Waals surface area contributed by atoms with Crippen molar-refractivity contribution in [1.82, 2.24) is 10.3 Å². The molecule has 2 rings (SSSR count). The molecule has 23 heavy (non-hydrogen) atoms. The highest BCUT2D eigenvalue weighted by Crippen LogP contribution is 2.23. The van der Waals surface area contributed by atoms with E-state index < -0.39 is 0 Å². The van der Waals surface area contributed by atoms with Crippen molar-refractivity contribution in [1.29, 1.82) is 0 Å². The molecular formula is C19H23ClN2O. The first kappa shape index (κ1) is 17.5. The summed E-state index contributed by atoms with van der Waals surface area (Å²) in [7, 11) is 0. The number of carbonyl (C=O) groups is 1. The number of hydrogen-bond acceptors (Lipinski definition) is 2. The number of aromatic nitrogens is 1. The number of pyridine rings is 1. The number of carbonyl (C=O) groups excluding carboxylic acids is 1. The van der Waals surface area contributed by atoms with Crippen LogP contribution in [0, 0.1) is 0 Å². The lowest BCUT2D eigenvalue weighted by atomic mass is 9.91. The van der Waals surface area contributed by atoms with Crippen LogP contribution >= 0.6 is 11.6 Å². The predicted octanol–water partition coefficient (Wildman–Crippen LogP) is 4.37. The molecule has 0 aliphatic heterocycles. The molecule has 1 heterocycles. The number of hydrogen-bond donors (Lipinski definition) is 1. The average Bonchev–Trinajstić information content (AvgIpc) is 2.58. The van der Waals surface area contributed by atoms with Gasteiger partial charge < -0.3 is 5.32 Å². The minimum atomic E-state index is -0.224. The molecule has 2 aromatic rings. The molecule has 3 nitrogen and oxygen atoms in total. The van der Waals surface area contributed by atoms with E-state index in [4.69, 9.17) is 11.6 Å². The molecule has 0 aliphatic rings. The molecule has 1 unspecified atom stereocenters. The van der Waals surface area contributed by atoms with E-state index in [2.05, 4.69) is 17.2 Å². The van der Waals surface area contributed by atoms with Gasteiger partial charge in [-0.3, -0.25) is 9.78 Å². The summed E-state index contributed by atoms with van der Waals surface area (Å²) in [5.74, 6) is -0.162. The number of halogens is 1. The number of unbranched alkanes of at least 4 members (excludes halogenated alkanes) is 2. The lowest BCUT2D eigenvalue weighted by Crippen LogP contribution is -2.31. The maximum atomic E-state index is 12.6. The molecule has 0 saturated heterocycles. The van der Waals surface area contributed by atoms with Crippen LogP contribution < -0.4 is 5.32 Å². The molecule has 1 aromatic heterocycles. The van der Waals surface area contributed by atoms with Gasteiger partial charge in [0.25, 0.3) is 0 Å². The second-order valence-electron chi connectivity index (χ2n) is 5.67. The van der Waals surface area contributed by atoms with Crippen LogP contribution in [0.25, 0.3) is 0 Å². The zero-order chi connectivity index (χ0) is 16.5. The number of rotatable bonds is 8. The first-order valence-electron chi connectivity index (χ1n) is 8.12. The smallest absolute Gasteiger partial charge is 0.227 e. The summed E-state index contributed by atoms with van der Waals surface area (Å²) in [5, 5.41) is 3.74. The molecule has 0 bridgehead atoms. The first-order valence-corrected chi connectivity index (χ1v) is 8.50.